The monoisotopic (exact) mass is 300 g/mol. The summed E-state index contributed by atoms with van der Waals surface area (Å²) < 4.78 is 0. The second kappa shape index (κ2) is 5.92. The average Bonchev–Trinajstić information content (AvgIpc) is 2.84. The topological polar surface area (TPSA) is 116 Å². The molecular weight excluding hydrogens is 284 g/mol. The molecule has 1 aliphatic carbocycles. The van der Waals surface area contributed by atoms with E-state index in [0.717, 1.165) is 24.1 Å². The number of hydrogen-bond acceptors (Lipinski definition) is 5. The summed E-state index contributed by atoms with van der Waals surface area (Å²) >= 11 is 0. The van der Waals surface area contributed by atoms with E-state index in [1.54, 1.807) is 12.1 Å². The number of nitrogens with one attached hydrogen (secondary N) is 1. The fraction of sp³-hybridized carbons (Fsp3) is 0.357. The van der Waals surface area contributed by atoms with Crippen LogP contribution in [0.15, 0.2) is 24.3 Å². The third kappa shape index (κ3) is 3.11. The predicted octanol–water partition coefficient (Wildman–Crippen LogP) is 0.564. The maximum atomic E-state index is 12.0. The molecule has 1 saturated carbocycles. The number of primary amides is 1. The molecule has 1 aliphatic rings. The number of hydrogen-bond donors (Lipinski definition) is 2. The molecule has 0 atom stereocenters. The van der Waals surface area contributed by atoms with E-state index in [1.165, 1.54) is 0 Å². The quantitative estimate of drug-likeness (QED) is 0.837. The zero-order valence-electron chi connectivity index (χ0n) is 11.9. The highest BCUT2D eigenvalue weighted by Gasteiger charge is 2.25. The fourth-order valence-electron chi connectivity index (χ4n) is 2.22. The van der Waals surface area contributed by atoms with Crippen LogP contribution >= 0.6 is 0 Å². The summed E-state index contributed by atoms with van der Waals surface area (Å²) in [4.78, 5) is 23.9. The number of nitrogens with zero attached hydrogens (tertiary/aromatic N) is 4. The Hall–Kier alpha value is -2.77. The SMILES string of the molecule is NC(=O)Cn1nnc(-c2cccc(NC(=O)C3CCC3)c2)n1. The first-order chi connectivity index (χ1) is 10.6. The van der Waals surface area contributed by atoms with Crippen molar-refractivity contribution < 1.29 is 9.59 Å². The van der Waals surface area contributed by atoms with E-state index in [1.807, 2.05) is 12.1 Å². The smallest absolute Gasteiger partial charge is 0.241 e. The number of carbonyl (C=O) groups excluding carboxylic acids is 2. The highest BCUT2D eigenvalue weighted by molar-refractivity contribution is 5.93. The van der Waals surface area contributed by atoms with Crippen molar-refractivity contribution in [2.45, 2.75) is 25.8 Å². The van der Waals surface area contributed by atoms with Crippen LogP contribution in [-0.4, -0.2) is 32.0 Å². The second-order valence-corrected chi connectivity index (χ2v) is 5.31. The molecule has 0 saturated heterocycles. The molecule has 8 nitrogen and oxygen atoms in total. The summed E-state index contributed by atoms with van der Waals surface area (Å²) in [5.41, 5.74) is 6.49. The summed E-state index contributed by atoms with van der Waals surface area (Å²) in [7, 11) is 0. The molecule has 0 unspecified atom stereocenters. The number of benzene rings is 1. The van der Waals surface area contributed by atoms with Crippen molar-refractivity contribution in [3.63, 3.8) is 0 Å². The van der Waals surface area contributed by atoms with Crippen molar-refractivity contribution in [1.29, 1.82) is 0 Å². The molecule has 1 fully saturated rings. The number of aromatic nitrogens is 4. The Kier molecular flexibility index (Phi) is 3.82. The van der Waals surface area contributed by atoms with Gasteiger partial charge in [0.05, 0.1) is 0 Å². The molecule has 0 bridgehead atoms. The number of carbonyl (C=O) groups is 2. The van der Waals surface area contributed by atoms with Crippen LogP contribution in [0.4, 0.5) is 5.69 Å². The van der Waals surface area contributed by atoms with Gasteiger partial charge < -0.3 is 11.1 Å². The molecule has 0 spiro atoms. The van der Waals surface area contributed by atoms with Crippen molar-refractivity contribution in [1.82, 2.24) is 20.2 Å². The first-order valence-electron chi connectivity index (χ1n) is 7.09. The standard InChI is InChI=1S/C14H16N6O2/c15-12(21)8-20-18-13(17-19-20)10-5-2-6-11(7-10)16-14(22)9-3-1-4-9/h2,5-7,9H,1,3-4,8H2,(H2,15,21)(H,16,22). The number of anilines is 1. The number of nitrogens with two attached hydrogens (primary N) is 1. The van der Waals surface area contributed by atoms with Gasteiger partial charge in [0.25, 0.3) is 0 Å². The molecule has 0 aliphatic heterocycles. The molecule has 0 radical (unpaired) electrons. The third-order valence-corrected chi connectivity index (χ3v) is 3.61. The van der Waals surface area contributed by atoms with Crippen molar-refractivity contribution in [3.05, 3.63) is 24.3 Å². The predicted molar refractivity (Wildman–Crippen MR) is 78.4 cm³/mol. The Morgan fingerprint density at radius 1 is 1.36 bits per heavy atom. The molecule has 2 amide bonds. The van der Waals surface area contributed by atoms with Crippen molar-refractivity contribution in [2.24, 2.45) is 11.7 Å². The van der Waals surface area contributed by atoms with Crippen LogP contribution < -0.4 is 11.1 Å². The van der Waals surface area contributed by atoms with Crippen molar-refractivity contribution in [2.75, 3.05) is 5.32 Å². The lowest BCUT2D eigenvalue weighted by Crippen LogP contribution is -2.27. The normalized spacial score (nSPS) is 14.4. The van der Waals surface area contributed by atoms with E-state index in [9.17, 15) is 9.59 Å². The molecule has 3 N–H and O–H groups in total. The summed E-state index contributed by atoms with van der Waals surface area (Å²) in [6.45, 7) is -0.120. The van der Waals surface area contributed by atoms with Gasteiger partial charge in [-0.2, -0.15) is 4.80 Å². The maximum absolute atomic E-state index is 12.0. The van der Waals surface area contributed by atoms with E-state index in [0.29, 0.717) is 17.1 Å². The van der Waals surface area contributed by atoms with Gasteiger partial charge in [-0.25, -0.2) is 0 Å². The number of rotatable bonds is 5. The van der Waals surface area contributed by atoms with Crippen LogP contribution in [0.5, 0.6) is 0 Å². The van der Waals surface area contributed by atoms with Gasteiger partial charge >= 0.3 is 0 Å². The van der Waals surface area contributed by atoms with Crippen LogP contribution in [0.2, 0.25) is 0 Å². The second-order valence-electron chi connectivity index (χ2n) is 5.31. The highest BCUT2D eigenvalue weighted by atomic mass is 16.2. The van der Waals surface area contributed by atoms with Crippen LogP contribution in [0.25, 0.3) is 11.4 Å². The summed E-state index contributed by atoms with van der Waals surface area (Å²) in [5, 5.41) is 14.6. The molecule has 1 aromatic carbocycles. The lowest BCUT2D eigenvalue weighted by Gasteiger charge is -2.24. The van der Waals surface area contributed by atoms with Crippen molar-refractivity contribution in [3.8, 4) is 11.4 Å². The van der Waals surface area contributed by atoms with Gasteiger partial charge in [-0.1, -0.05) is 18.6 Å². The van der Waals surface area contributed by atoms with Crippen LogP contribution in [0.1, 0.15) is 19.3 Å². The number of amides is 2. The fourth-order valence-corrected chi connectivity index (χ4v) is 2.22. The van der Waals surface area contributed by atoms with Crippen LogP contribution in [-0.2, 0) is 16.1 Å². The van der Waals surface area contributed by atoms with Gasteiger partial charge in [0.15, 0.2) is 0 Å². The highest BCUT2D eigenvalue weighted by Crippen LogP contribution is 2.28. The van der Waals surface area contributed by atoms with E-state index in [2.05, 4.69) is 20.7 Å². The Morgan fingerprint density at radius 2 is 2.18 bits per heavy atom. The van der Waals surface area contributed by atoms with E-state index >= 15 is 0 Å². The zero-order valence-corrected chi connectivity index (χ0v) is 11.9. The minimum Gasteiger partial charge on any atom is -0.368 e. The average molecular weight is 300 g/mol. The summed E-state index contributed by atoms with van der Waals surface area (Å²) in [6.07, 6.45) is 3.02. The molecule has 8 heteroatoms. The van der Waals surface area contributed by atoms with Gasteiger partial charge in [0.2, 0.25) is 17.6 Å². The molecule has 114 valence electrons. The maximum Gasteiger partial charge on any atom is 0.241 e. The summed E-state index contributed by atoms with van der Waals surface area (Å²) in [5.74, 6) is 0.0124. The lowest BCUT2D eigenvalue weighted by molar-refractivity contribution is -0.122. The minimum absolute atomic E-state index is 0.0498. The zero-order chi connectivity index (χ0) is 15.5. The molecule has 22 heavy (non-hydrogen) atoms. The first-order valence-corrected chi connectivity index (χ1v) is 7.09. The molecule has 2 aromatic rings. The Balaban J connectivity index is 1.74. The number of tetrazole rings is 1. The molecule has 1 aromatic heterocycles. The van der Waals surface area contributed by atoms with Gasteiger partial charge in [-0.15, -0.1) is 10.2 Å². The van der Waals surface area contributed by atoms with E-state index in [4.69, 9.17) is 5.73 Å². The van der Waals surface area contributed by atoms with Crippen LogP contribution in [0.3, 0.4) is 0 Å². The first kappa shape index (κ1) is 14.2. The summed E-state index contributed by atoms with van der Waals surface area (Å²) in [6, 6.07) is 7.21. The third-order valence-electron chi connectivity index (χ3n) is 3.61. The molecular formula is C14H16N6O2. The van der Waals surface area contributed by atoms with Crippen molar-refractivity contribution >= 4 is 17.5 Å². The Morgan fingerprint density at radius 3 is 2.86 bits per heavy atom. The molecule has 1 heterocycles. The van der Waals surface area contributed by atoms with E-state index < -0.39 is 5.91 Å². The van der Waals surface area contributed by atoms with Gasteiger partial charge in [-0.05, 0) is 30.2 Å². The van der Waals surface area contributed by atoms with Gasteiger partial charge in [-0.3, -0.25) is 9.59 Å². The van der Waals surface area contributed by atoms with Gasteiger partial charge in [0.1, 0.15) is 6.54 Å². The molecule has 3 rings (SSSR count). The van der Waals surface area contributed by atoms with Gasteiger partial charge in [0, 0.05) is 17.2 Å². The largest absolute Gasteiger partial charge is 0.368 e. The Bertz CT molecular complexity index is 707. The minimum atomic E-state index is -0.537. The van der Waals surface area contributed by atoms with E-state index in [-0.39, 0.29) is 18.4 Å². The lowest BCUT2D eigenvalue weighted by atomic mass is 9.85. The van der Waals surface area contributed by atoms with Crippen LogP contribution in [0, 0.1) is 5.92 Å². The Labute approximate surface area is 126 Å².